The standard InChI is InChI=1S/C13H11FO3/c1-2-16-12-5-3-9(14)7-11(12)13-6-4-10(8-15)17-13/h3-8H,2H2,1H3. The van der Waals surface area contributed by atoms with E-state index in [1.165, 1.54) is 24.3 Å². The first-order valence-electron chi connectivity index (χ1n) is 5.22. The van der Waals surface area contributed by atoms with Gasteiger partial charge in [0.05, 0.1) is 12.2 Å². The average Bonchev–Trinajstić information content (AvgIpc) is 2.80. The minimum absolute atomic E-state index is 0.201. The van der Waals surface area contributed by atoms with E-state index in [0.29, 0.717) is 30.0 Å². The third-order valence-electron chi connectivity index (χ3n) is 2.25. The summed E-state index contributed by atoms with van der Waals surface area (Å²) < 4.78 is 23.8. The minimum Gasteiger partial charge on any atom is -0.493 e. The van der Waals surface area contributed by atoms with Crippen molar-refractivity contribution in [3.63, 3.8) is 0 Å². The van der Waals surface area contributed by atoms with Crippen molar-refractivity contribution in [3.05, 3.63) is 41.9 Å². The van der Waals surface area contributed by atoms with Gasteiger partial charge in [-0.3, -0.25) is 4.79 Å². The number of rotatable bonds is 4. The molecule has 0 fully saturated rings. The van der Waals surface area contributed by atoms with Gasteiger partial charge in [0.2, 0.25) is 0 Å². The molecule has 0 N–H and O–H groups in total. The number of carbonyl (C=O) groups excluding carboxylic acids is 1. The van der Waals surface area contributed by atoms with E-state index < -0.39 is 0 Å². The van der Waals surface area contributed by atoms with Crippen molar-refractivity contribution in [2.24, 2.45) is 0 Å². The lowest BCUT2D eigenvalue weighted by Gasteiger charge is -2.07. The Morgan fingerprint density at radius 1 is 1.35 bits per heavy atom. The Balaban J connectivity index is 2.48. The first-order chi connectivity index (χ1) is 8.24. The monoisotopic (exact) mass is 234 g/mol. The fourth-order valence-corrected chi connectivity index (χ4v) is 1.54. The Labute approximate surface area is 97.8 Å². The Morgan fingerprint density at radius 3 is 2.82 bits per heavy atom. The Bertz CT molecular complexity index is 531. The fraction of sp³-hybridized carbons (Fsp3) is 0.154. The van der Waals surface area contributed by atoms with Crippen molar-refractivity contribution in [2.75, 3.05) is 6.61 Å². The molecule has 2 rings (SSSR count). The van der Waals surface area contributed by atoms with Gasteiger partial charge in [0.25, 0.3) is 0 Å². The molecule has 0 aliphatic rings. The SMILES string of the molecule is CCOc1ccc(F)cc1-c1ccc(C=O)o1. The van der Waals surface area contributed by atoms with Crippen LogP contribution in [0, 0.1) is 5.82 Å². The second-order valence-corrected chi connectivity index (χ2v) is 3.39. The van der Waals surface area contributed by atoms with E-state index in [-0.39, 0.29) is 11.6 Å². The van der Waals surface area contributed by atoms with Gasteiger partial charge in [-0.15, -0.1) is 0 Å². The second kappa shape index (κ2) is 4.82. The largest absolute Gasteiger partial charge is 0.493 e. The topological polar surface area (TPSA) is 39.4 Å². The van der Waals surface area contributed by atoms with Gasteiger partial charge < -0.3 is 9.15 Å². The molecular formula is C13H11FO3. The molecule has 2 aromatic rings. The highest BCUT2D eigenvalue weighted by atomic mass is 19.1. The average molecular weight is 234 g/mol. The summed E-state index contributed by atoms with van der Waals surface area (Å²) in [6.07, 6.45) is 0.600. The van der Waals surface area contributed by atoms with Crippen LogP contribution < -0.4 is 4.74 Å². The van der Waals surface area contributed by atoms with E-state index >= 15 is 0 Å². The summed E-state index contributed by atoms with van der Waals surface area (Å²) in [5.74, 6) is 0.759. The predicted molar refractivity (Wildman–Crippen MR) is 60.7 cm³/mol. The van der Waals surface area contributed by atoms with Gasteiger partial charge in [-0.25, -0.2) is 4.39 Å². The number of benzene rings is 1. The Kier molecular flexibility index (Phi) is 3.23. The van der Waals surface area contributed by atoms with E-state index in [0.717, 1.165) is 0 Å². The predicted octanol–water partition coefficient (Wildman–Crippen LogP) is 3.30. The van der Waals surface area contributed by atoms with Crippen LogP contribution in [0.25, 0.3) is 11.3 Å². The zero-order chi connectivity index (χ0) is 12.3. The maximum absolute atomic E-state index is 13.2. The minimum atomic E-state index is -0.382. The molecule has 3 nitrogen and oxygen atoms in total. The highest BCUT2D eigenvalue weighted by Crippen LogP contribution is 2.31. The van der Waals surface area contributed by atoms with Crippen LogP contribution >= 0.6 is 0 Å². The molecule has 1 aromatic heterocycles. The van der Waals surface area contributed by atoms with Crippen molar-refractivity contribution in [1.29, 1.82) is 0 Å². The molecule has 0 aliphatic heterocycles. The Hall–Kier alpha value is -2.10. The third kappa shape index (κ3) is 2.36. The summed E-state index contributed by atoms with van der Waals surface area (Å²) in [5.41, 5.74) is 0.500. The molecule has 0 atom stereocenters. The number of hydrogen-bond acceptors (Lipinski definition) is 3. The molecule has 0 radical (unpaired) electrons. The number of furan rings is 1. The van der Waals surface area contributed by atoms with Crippen LogP contribution in [0.1, 0.15) is 17.5 Å². The quantitative estimate of drug-likeness (QED) is 0.762. The van der Waals surface area contributed by atoms with Crippen LogP contribution in [0.2, 0.25) is 0 Å². The van der Waals surface area contributed by atoms with E-state index in [1.54, 1.807) is 6.07 Å². The summed E-state index contributed by atoms with van der Waals surface area (Å²) in [5, 5.41) is 0. The lowest BCUT2D eigenvalue weighted by molar-refractivity contribution is 0.110. The van der Waals surface area contributed by atoms with Crippen molar-refractivity contribution in [1.82, 2.24) is 0 Å². The van der Waals surface area contributed by atoms with Crippen molar-refractivity contribution >= 4 is 6.29 Å². The fourth-order valence-electron chi connectivity index (χ4n) is 1.54. The van der Waals surface area contributed by atoms with E-state index in [2.05, 4.69) is 0 Å². The molecule has 0 spiro atoms. The van der Waals surface area contributed by atoms with E-state index in [9.17, 15) is 9.18 Å². The maximum atomic E-state index is 13.2. The first kappa shape index (κ1) is 11.4. The highest BCUT2D eigenvalue weighted by Gasteiger charge is 2.11. The summed E-state index contributed by atoms with van der Waals surface area (Å²) in [7, 11) is 0. The van der Waals surface area contributed by atoms with Gasteiger partial charge in [-0.05, 0) is 37.3 Å². The lowest BCUT2D eigenvalue weighted by atomic mass is 10.1. The number of carbonyl (C=O) groups is 1. The number of aldehydes is 1. The van der Waals surface area contributed by atoms with Crippen LogP contribution in [0.5, 0.6) is 5.75 Å². The molecule has 0 saturated heterocycles. The lowest BCUT2D eigenvalue weighted by Crippen LogP contribution is -1.94. The molecule has 1 heterocycles. The summed E-state index contributed by atoms with van der Waals surface area (Å²) in [6.45, 7) is 2.31. The summed E-state index contributed by atoms with van der Waals surface area (Å²) in [4.78, 5) is 10.5. The molecule has 88 valence electrons. The van der Waals surface area contributed by atoms with Crippen LogP contribution in [0.4, 0.5) is 4.39 Å². The smallest absolute Gasteiger partial charge is 0.185 e. The van der Waals surface area contributed by atoms with Crippen LogP contribution in [-0.2, 0) is 0 Å². The first-order valence-corrected chi connectivity index (χ1v) is 5.22. The number of halogens is 1. The molecule has 0 bridgehead atoms. The summed E-state index contributed by atoms with van der Waals surface area (Å²) >= 11 is 0. The molecule has 17 heavy (non-hydrogen) atoms. The van der Waals surface area contributed by atoms with Crippen LogP contribution in [0.15, 0.2) is 34.7 Å². The third-order valence-corrected chi connectivity index (χ3v) is 2.25. The molecular weight excluding hydrogens is 223 g/mol. The van der Waals surface area contributed by atoms with Gasteiger partial charge in [0.1, 0.15) is 17.3 Å². The van der Waals surface area contributed by atoms with Gasteiger partial charge >= 0.3 is 0 Å². The van der Waals surface area contributed by atoms with Crippen LogP contribution in [0.3, 0.4) is 0 Å². The highest BCUT2D eigenvalue weighted by molar-refractivity contribution is 5.74. The summed E-state index contributed by atoms with van der Waals surface area (Å²) in [6, 6.07) is 7.32. The van der Waals surface area contributed by atoms with Crippen molar-refractivity contribution < 1.29 is 18.3 Å². The van der Waals surface area contributed by atoms with Crippen molar-refractivity contribution in [2.45, 2.75) is 6.92 Å². The molecule has 1 aromatic carbocycles. The van der Waals surface area contributed by atoms with E-state index in [1.807, 2.05) is 6.92 Å². The molecule has 0 aliphatic carbocycles. The zero-order valence-electron chi connectivity index (χ0n) is 9.27. The zero-order valence-corrected chi connectivity index (χ0v) is 9.27. The Morgan fingerprint density at radius 2 is 2.18 bits per heavy atom. The van der Waals surface area contributed by atoms with Crippen molar-refractivity contribution in [3.8, 4) is 17.1 Å². The molecule has 0 saturated carbocycles. The molecule has 4 heteroatoms. The normalized spacial score (nSPS) is 10.2. The molecule has 0 amide bonds. The maximum Gasteiger partial charge on any atom is 0.185 e. The van der Waals surface area contributed by atoms with Gasteiger partial charge in [0.15, 0.2) is 12.0 Å². The second-order valence-electron chi connectivity index (χ2n) is 3.39. The van der Waals surface area contributed by atoms with Gasteiger partial charge in [-0.2, -0.15) is 0 Å². The van der Waals surface area contributed by atoms with Gasteiger partial charge in [-0.1, -0.05) is 0 Å². The number of hydrogen-bond donors (Lipinski definition) is 0. The molecule has 0 unspecified atom stereocenters. The van der Waals surface area contributed by atoms with Crippen LogP contribution in [-0.4, -0.2) is 12.9 Å². The number of ether oxygens (including phenoxy) is 1. The van der Waals surface area contributed by atoms with E-state index in [4.69, 9.17) is 9.15 Å². The van der Waals surface area contributed by atoms with Gasteiger partial charge in [0, 0.05) is 0 Å².